The Balaban J connectivity index is 1.82. The Morgan fingerprint density at radius 2 is 1.58 bits per heavy atom. The van der Waals surface area contributed by atoms with Gasteiger partial charge in [0.2, 0.25) is 0 Å². The Labute approximate surface area is 154 Å². The first-order valence-corrected chi connectivity index (χ1v) is 8.56. The van der Waals surface area contributed by atoms with Crippen LogP contribution in [0, 0.1) is 13.8 Å². The van der Waals surface area contributed by atoms with Crippen molar-refractivity contribution in [2.45, 2.75) is 46.6 Å². The average molecular weight is 354 g/mol. The van der Waals surface area contributed by atoms with Gasteiger partial charge in [0.05, 0.1) is 0 Å². The minimum Gasteiger partial charge on any atom is -0.443 e. The molecule has 0 saturated carbocycles. The molecular weight excluding hydrogens is 328 g/mol. The predicted molar refractivity (Wildman–Crippen MR) is 102 cm³/mol. The number of rotatable bonds is 3. The number of hydrazine groups is 1. The van der Waals surface area contributed by atoms with Crippen molar-refractivity contribution in [3.05, 3.63) is 70.3 Å². The van der Waals surface area contributed by atoms with Crippen molar-refractivity contribution in [3.63, 3.8) is 0 Å². The van der Waals surface area contributed by atoms with Crippen LogP contribution in [0.5, 0.6) is 0 Å². The number of carbonyl (C=O) groups excluding carboxylic acids is 2. The maximum Gasteiger partial charge on any atom is 0.426 e. The highest BCUT2D eigenvalue weighted by atomic mass is 16.6. The van der Waals surface area contributed by atoms with Crippen LogP contribution in [0.15, 0.2) is 42.5 Å². The first-order valence-electron chi connectivity index (χ1n) is 8.56. The molecule has 138 valence electrons. The number of benzene rings is 2. The second-order valence-corrected chi connectivity index (χ2v) is 7.40. The molecule has 2 aromatic rings. The highest BCUT2D eigenvalue weighted by molar-refractivity contribution is 5.94. The maximum absolute atomic E-state index is 12.1. The smallest absolute Gasteiger partial charge is 0.426 e. The molecule has 0 heterocycles. The molecule has 0 fully saturated rings. The lowest BCUT2D eigenvalue weighted by Gasteiger charge is -2.19. The van der Waals surface area contributed by atoms with Crippen molar-refractivity contribution >= 4 is 12.0 Å². The van der Waals surface area contributed by atoms with Crippen LogP contribution in [0.1, 0.15) is 53.4 Å². The highest BCUT2D eigenvalue weighted by Crippen LogP contribution is 2.22. The standard InChI is InChI=1S/C21H26N2O3/c1-14-6-7-16(12-15(14)2)13-26-20(25)23-22-19(24)17-8-10-18(11-9-17)21(3,4)5/h6-12H,13H2,1-5H3,(H,22,24)(H,23,25). The lowest BCUT2D eigenvalue weighted by atomic mass is 9.87. The molecule has 0 bridgehead atoms. The molecule has 0 saturated heterocycles. The van der Waals surface area contributed by atoms with Gasteiger partial charge >= 0.3 is 6.09 Å². The SMILES string of the molecule is Cc1ccc(COC(=O)NNC(=O)c2ccc(C(C)(C)C)cc2)cc1C. The summed E-state index contributed by atoms with van der Waals surface area (Å²) in [5, 5.41) is 0. The van der Waals surface area contributed by atoms with E-state index in [1.807, 2.05) is 44.2 Å². The maximum atomic E-state index is 12.1. The minimum absolute atomic E-state index is 0.0192. The molecule has 0 unspecified atom stereocenters. The first-order chi connectivity index (χ1) is 12.2. The molecule has 5 nitrogen and oxygen atoms in total. The first kappa shape index (κ1) is 19.5. The van der Waals surface area contributed by atoms with Crippen molar-refractivity contribution in [1.82, 2.24) is 10.9 Å². The molecule has 2 aromatic carbocycles. The molecule has 2 amide bonds. The van der Waals surface area contributed by atoms with Gasteiger partial charge in [-0.15, -0.1) is 0 Å². The topological polar surface area (TPSA) is 67.4 Å². The quantitative estimate of drug-likeness (QED) is 0.813. The zero-order chi connectivity index (χ0) is 19.3. The molecule has 0 aliphatic heterocycles. The molecule has 0 aliphatic rings. The molecule has 2 rings (SSSR count). The summed E-state index contributed by atoms with van der Waals surface area (Å²) < 4.78 is 5.11. The summed E-state index contributed by atoms with van der Waals surface area (Å²) in [6, 6.07) is 13.1. The number of aryl methyl sites for hydroxylation is 2. The fourth-order valence-electron chi connectivity index (χ4n) is 2.38. The summed E-state index contributed by atoms with van der Waals surface area (Å²) in [4.78, 5) is 23.8. The van der Waals surface area contributed by atoms with E-state index in [9.17, 15) is 9.59 Å². The van der Waals surface area contributed by atoms with E-state index in [0.29, 0.717) is 5.56 Å². The Hall–Kier alpha value is -2.82. The van der Waals surface area contributed by atoms with Crippen LogP contribution < -0.4 is 10.9 Å². The third-order valence-corrected chi connectivity index (χ3v) is 4.23. The molecule has 0 radical (unpaired) electrons. The van der Waals surface area contributed by atoms with Gasteiger partial charge in [-0.1, -0.05) is 51.1 Å². The van der Waals surface area contributed by atoms with E-state index in [2.05, 4.69) is 31.6 Å². The van der Waals surface area contributed by atoms with E-state index in [1.165, 1.54) is 5.56 Å². The van der Waals surface area contributed by atoms with Gasteiger partial charge in [-0.2, -0.15) is 0 Å². The molecule has 2 N–H and O–H groups in total. The molecule has 0 aliphatic carbocycles. The zero-order valence-electron chi connectivity index (χ0n) is 16.0. The Bertz CT molecular complexity index is 790. The number of carbonyl (C=O) groups is 2. The van der Waals surface area contributed by atoms with Crippen LogP contribution in [-0.4, -0.2) is 12.0 Å². The Kier molecular flexibility index (Phi) is 6.03. The van der Waals surface area contributed by atoms with Gasteiger partial charge in [0.15, 0.2) is 0 Å². The fraction of sp³-hybridized carbons (Fsp3) is 0.333. The zero-order valence-corrected chi connectivity index (χ0v) is 16.0. The van der Waals surface area contributed by atoms with E-state index in [1.54, 1.807) is 12.1 Å². The molecule has 0 atom stereocenters. The van der Waals surface area contributed by atoms with Crippen molar-refractivity contribution in [2.24, 2.45) is 0 Å². The van der Waals surface area contributed by atoms with Crippen molar-refractivity contribution in [3.8, 4) is 0 Å². The third kappa shape index (κ3) is 5.34. The summed E-state index contributed by atoms with van der Waals surface area (Å²) in [5.41, 5.74) is 9.45. The van der Waals surface area contributed by atoms with E-state index in [4.69, 9.17) is 4.74 Å². The predicted octanol–water partition coefficient (Wildman–Crippen LogP) is 4.17. The van der Waals surface area contributed by atoms with Gasteiger partial charge in [-0.25, -0.2) is 10.2 Å². The van der Waals surface area contributed by atoms with Crippen LogP contribution in [0.2, 0.25) is 0 Å². The fourth-order valence-corrected chi connectivity index (χ4v) is 2.38. The van der Waals surface area contributed by atoms with Crippen LogP contribution in [-0.2, 0) is 16.8 Å². The van der Waals surface area contributed by atoms with E-state index >= 15 is 0 Å². The summed E-state index contributed by atoms with van der Waals surface area (Å²) in [6.07, 6.45) is -0.706. The summed E-state index contributed by atoms with van der Waals surface area (Å²) in [7, 11) is 0. The molecular formula is C21H26N2O3. The molecule has 5 heteroatoms. The van der Waals surface area contributed by atoms with Crippen molar-refractivity contribution in [1.29, 1.82) is 0 Å². The van der Waals surface area contributed by atoms with Gasteiger partial charge in [0, 0.05) is 5.56 Å². The van der Waals surface area contributed by atoms with Crippen LogP contribution in [0.4, 0.5) is 4.79 Å². The van der Waals surface area contributed by atoms with Gasteiger partial charge in [0.1, 0.15) is 6.61 Å². The summed E-state index contributed by atoms with van der Waals surface area (Å²) in [5.74, 6) is -0.395. The number of hydrogen-bond donors (Lipinski definition) is 2. The van der Waals surface area contributed by atoms with Crippen molar-refractivity contribution in [2.75, 3.05) is 0 Å². The molecule has 26 heavy (non-hydrogen) atoms. The molecule has 0 aromatic heterocycles. The summed E-state index contributed by atoms with van der Waals surface area (Å²) >= 11 is 0. The van der Waals surface area contributed by atoms with E-state index in [-0.39, 0.29) is 12.0 Å². The van der Waals surface area contributed by atoms with Crippen LogP contribution >= 0.6 is 0 Å². The van der Waals surface area contributed by atoms with Gasteiger partial charge in [0.25, 0.3) is 5.91 Å². The van der Waals surface area contributed by atoms with E-state index < -0.39 is 12.0 Å². The molecule has 0 spiro atoms. The largest absolute Gasteiger partial charge is 0.443 e. The monoisotopic (exact) mass is 354 g/mol. The average Bonchev–Trinajstić information content (AvgIpc) is 2.60. The van der Waals surface area contributed by atoms with Crippen molar-refractivity contribution < 1.29 is 14.3 Å². The van der Waals surface area contributed by atoms with Gasteiger partial charge in [-0.3, -0.25) is 10.2 Å². The number of nitrogens with one attached hydrogen (secondary N) is 2. The second-order valence-electron chi connectivity index (χ2n) is 7.40. The van der Waals surface area contributed by atoms with Crippen LogP contribution in [0.25, 0.3) is 0 Å². The second kappa shape index (κ2) is 8.04. The summed E-state index contributed by atoms with van der Waals surface area (Å²) in [6.45, 7) is 10.5. The number of hydrogen-bond acceptors (Lipinski definition) is 3. The van der Waals surface area contributed by atoms with Crippen LogP contribution in [0.3, 0.4) is 0 Å². The third-order valence-electron chi connectivity index (χ3n) is 4.23. The Morgan fingerprint density at radius 3 is 2.15 bits per heavy atom. The minimum atomic E-state index is -0.706. The lowest BCUT2D eigenvalue weighted by Crippen LogP contribution is -2.41. The van der Waals surface area contributed by atoms with E-state index in [0.717, 1.165) is 16.7 Å². The normalized spacial score (nSPS) is 11.0. The van der Waals surface area contributed by atoms with Gasteiger partial charge in [-0.05, 0) is 53.6 Å². The number of amides is 2. The Morgan fingerprint density at radius 1 is 0.923 bits per heavy atom. The van der Waals surface area contributed by atoms with Gasteiger partial charge < -0.3 is 4.74 Å². The number of ether oxygens (including phenoxy) is 1. The lowest BCUT2D eigenvalue weighted by molar-refractivity contribution is 0.0905. The highest BCUT2D eigenvalue weighted by Gasteiger charge is 2.14.